The molecule has 0 saturated carbocycles. The van der Waals surface area contributed by atoms with Crippen LogP contribution in [0.3, 0.4) is 0 Å². The van der Waals surface area contributed by atoms with Gasteiger partial charge >= 0.3 is 11.7 Å². The molecule has 1 aliphatic rings. The highest BCUT2D eigenvalue weighted by molar-refractivity contribution is 5.89. The van der Waals surface area contributed by atoms with Gasteiger partial charge in [-0.1, -0.05) is 29.8 Å². The van der Waals surface area contributed by atoms with Crippen LogP contribution in [-0.4, -0.2) is 33.6 Å². The lowest BCUT2D eigenvalue weighted by molar-refractivity contribution is 0.184. The Morgan fingerprint density at radius 1 is 1.08 bits per heavy atom. The predicted octanol–water partition coefficient (Wildman–Crippen LogP) is 3.51. The Morgan fingerprint density at radius 2 is 1.77 bits per heavy atom. The van der Waals surface area contributed by atoms with Crippen molar-refractivity contribution in [3.8, 4) is 0 Å². The molecule has 1 aromatic heterocycles. The highest BCUT2D eigenvalue weighted by Gasteiger charge is 2.26. The van der Waals surface area contributed by atoms with E-state index in [-0.39, 0.29) is 17.8 Å². The van der Waals surface area contributed by atoms with Crippen LogP contribution >= 0.6 is 0 Å². The maximum atomic E-state index is 12.5. The molecule has 134 valence electrons. The van der Waals surface area contributed by atoms with Gasteiger partial charge in [-0.3, -0.25) is 4.57 Å². The van der Waals surface area contributed by atoms with Gasteiger partial charge in [0.1, 0.15) is 0 Å². The van der Waals surface area contributed by atoms with E-state index in [2.05, 4.69) is 10.3 Å². The normalized spacial score (nSPS) is 15.3. The SMILES string of the molecule is Cc1ccc(NC(=O)N2CCC(n3c(=O)[nH]c4ccccc43)CC2)cc1. The van der Waals surface area contributed by atoms with Gasteiger partial charge in [0.15, 0.2) is 0 Å². The summed E-state index contributed by atoms with van der Waals surface area (Å²) < 4.78 is 1.84. The summed E-state index contributed by atoms with van der Waals surface area (Å²) in [4.78, 5) is 29.5. The highest BCUT2D eigenvalue weighted by atomic mass is 16.2. The third kappa shape index (κ3) is 3.10. The second-order valence-electron chi connectivity index (χ2n) is 6.83. The third-order valence-corrected chi connectivity index (χ3v) is 5.04. The van der Waals surface area contributed by atoms with Crippen LogP contribution < -0.4 is 11.0 Å². The van der Waals surface area contributed by atoms with Crippen molar-refractivity contribution in [1.82, 2.24) is 14.5 Å². The van der Waals surface area contributed by atoms with E-state index in [1.165, 1.54) is 0 Å². The van der Waals surface area contributed by atoms with Crippen molar-refractivity contribution in [2.45, 2.75) is 25.8 Å². The summed E-state index contributed by atoms with van der Waals surface area (Å²) in [6.45, 7) is 3.28. The van der Waals surface area contributed by atoms with Gasteiger partial charge in [0, 0.05) is 24.8 Å². The maximum absolute atomic E-state index is 12.5. The van der Waals surface area contributed by atoms with Crippen molar-refractivity contribution in [1.29, 1.82) is 0 Å². The molecule has 6 nitrogen and oxygen atoms in total. The van der Waals surface area contributed by atoms with Crippen LogP contribution in [0.25, 0.3) is 11.0 Å². The monoisotopic (exact) mass is 350 g/mol. The number of rotatable bonds is 2. The number of likely N-dealkylation sites (tertiary alicyclic amines) is 1. The fourth-order valence-electron chi connectivity index (χ4n) is 3.60. The van der Waals surface area contributed by atoms with Gasteiger partial charge in [-0.2, -0.15) is 0 Å². The molecule has 0 spiro atoms. The molecule has 0 bridgehead atoms. The van der Waals surface area contributed by atoms with Crippen LogP contribution in [-0.2, 0) is 0 Å². The number of benzene rings is 2. The third-order valence-electron chi connectivity index (χ3n) is 5.04. The zero-order valence-electron chi connectivity index (χ0n) is 14.7. The standard InChI is InChI=1S/C20H22N4O2/c1-14-6-8-15(9-7-14)21-19(25)23-12-10-16(11-13-23)24-18-5-3-2-4-17(18)22-20(24)26/h2-9,16H,10-13H2,1H3,(H,21,25)(H,22,26). The molecule has 4 rings (SSSR count). The zero-order chi connectivity index (χ0) is 18.1. The number of nitrogens with one attached hydrogen (secondary N) is 2. The smallest absolute Gasteiger partial charge is 0.324 e. The molecule has 3 aromatic rings. The molecule has 0 unspecified atom stereocenters. The number of amides is 2. The molecule has 2 aromatic carbocycles. The van der Waals surface area contributed by atoms with Crippen LogP contribution in [0.1, 0.15) is 24.4 Å². The second-order valence-corrected chi connectivity index (χ2v) is 6.83. The van der Waals surface area contributed by atoms with Crippen molar-refractivity contribution >= 4 is 22.8 Å². The van der Waals surface area contributed by atoms with E-state index >= 15 is 0 Å². The Morgan fingerprint density at radius 3 is 2.50 bits per heavy atom. The number of aromatic amines is 1. The predicted molar refractivity (Wildman–Crippen MR) is 103 cm³/mol. The lowest BCUT2D eigenvalue weighted by Crippen LogP contribution is -2.42. The first-order valence-electron chi connectivity index (χ1n) is 8.93. The number of piperidine rings is 1. The first kappa shape index (κ1) is 16.4. The number of carbonyl (C=O) groups excluding carboxylic acids is 1. The highest BCUT2D eigenvalue weighted by Crippen LogP contribution is 2.25. The average molecular weight is 350 g/mol. The number of nitrogens with zero attached hydrogens (tertiary/aromatic N) is 2. The fraction of sp³-hybridized carbons (Fsp3) is 0.300. The number of para-hydroxylation sites is 2. The molecule has 2 heterocycles. The largest absolute Gasteiger partial charge is 0.326 e. The van der Waals surface area contributed by atoms with E-state index in [9.17, 15) is 9.59 Å². The minimum atomic E-state index is -0.0847. The number of hydrogen-bond donors (Lipinski definition) is 2. The Labute approximate surface area is 151 Å². The molecular weight excluding hydrogens is 328 g/mol. The van der Waals surface area contributed by atoms with Crippen LogP contribution in [0.4, 0.5) is 10.5 Å². The van der Waals surface area contributed by atoms with Gasteiger partial charge in [0.2, 0.25) is 0 Å². The van der Waals surface area contributed by atoms with E-state index in [4.69, 9.17) is 0 Å². The number of hydrogen-bond acceptors (Lipinski definition) is 2. The van der Waals surface area contributed by atoms with E-state index in [1.54, 1.807) is 0 Å². The molecule has 0 atom stereocenters. The first-order valence-corrected chi connectivity index (χ1v) is 8.93. The minimum absolute atomic E-state index is 0.0752. The van der Waals surface area contributed by atoms with Crippen LogP contribution in [0.15, 0.2) is 53.3 Å². The van der Waals surface area contributed by atoms with Gasteiger partial charge < -0.3 is 15.2 Å². The second kappa shape index (κ2) is 6.71. The number of aromatic nitrogens is 2. The van der Waals surface area contributed by atoms with E-state index in [1.807, 2.05) is 64.9 Å². The maximum Gasteiger partial charge on any atom is 0.326 e. The summed E-state index contributed by atoms with van der Waals surface area (Å²) in [5, 5.41) is 2.94. The Kier molecular flexibility index (Phi) is 4.24. The van der Waals surface area contributed by atoms with Crippen molar-refractivity contribution in [3.05, 3.63) is 64.6 Å². The molecule has 26 heavy (non-hydrogen) atoms. The number of H-pyrrole nitrogens is 1. The zero-order valence-corrected chi connectivity index (χ0v) is 14.7. The summed E-state index contributed by atoms with van der Waals surface area (Å²) in [5.41, 5.74) is 3.68. The van der Waals surface area contributed by atoms with Crippen molar-refractivity contribution in [2.75, 3.05) is 18.4 Å². The van der Waals surface area contributed by atoms with Gasteiger partial charge in [-0.05, 0) is 44.0 Å². The van der Waals surface area contributed by atoms with E-state index in [0.29, 0.717) is 13.1 Å². The average Bonchev–Trinajstić information content (AvgIpc) is 2.99. The van der Waals surface area contributed by atoms with Crippen LogP contribution in [0.2, 0.25) is 0 Å². The molecular formula is C20H22N4O2. The van der Waals surface area contributed by atoms with Crippen molar-refractivity contribution in [2.24, 2.45) is 0 Å². The first-order chi connectivity index (χ1) is 12.6. The Bertz CT molecular complexity index is 979. The molecule has 0 radical (unpaired) electrons. The minimum Gasteiger partial charge on any atom is -0.324 e. The molecule has 0 aliphatic carbocycles. The summed E-state index contributed by atoms with van der Waals surface area (Å²) >= 11 is 0. The van der Waals surface area contributed by atoms with Crippen LogP contribution in [0, 0.1) is 6.92 Å². The number of fused-ring (bicyclic) bond motifs is 1. The summed E-state index contributed by atoms with van der Waals surface area (Å²) in [5.74, 6) is 0. The number of urea groups is 1. The molecule has 1 fully saturated rings. The van der Waals surface area contributed by atoms with Gasteiger partial charge in [0.05, 0.1) is 11.0 Å². The van der Waals surface area contributed by atoms with E-state index < -0.39 is 0 Å². The molecule has 1 aliphatic heterocycles. The molecule has 2 amide bonds. The topological polar surface area (TPSA) is 70.1 Å². The number of imidazole rings is 1. The Hall–Kier alpha value is -3.02. The molecule has 1 saturated heterocycles. The number of aryl methyl sites for hydroxylation is 1. The summed E-state index contributed by atoms with van der Waals surface area (Å²) in [6.07, 6.45) is 1.53. The van der Waals surface area contributed by atoms with Gasteiger partial charge in [-0.15, -0.1) is 0 Å². The van der Waals surface area contributed by atoms with E-state index in [0.717, 1.165) is 35.1 Å². The molecule has 6 heteroatoms. The summed E-state index contributed by atoms with van der Waals surface area (Å²) in [6, 6.07) is 15.5. The van der Waals surface area contributed by atoms with Crippen molar-refractivity contribution < 1.29 is 4.79 Å². The van der Waals surface area contributed by atoms with Crippen LogP contribution in [0.5, 0.6) is 0 Å². The van der Waals surface area contributed by atoms with Crippen molar-refractivity contribution in [3.63, 3.8) is 0 Å². The Balaban J connectivity index is 1.43. The lowest BCUT2D eigenvalue weighted by Gasteiger charge is -2.32. The summed E-state index contributed by atoms with van der Waals surface area (Å²) in [7, 11) is 0. The van der Waals surface area contributed by atoms with Gasteiger partial charge in [-0.25, -0.2) is 9.59 Å². The fourth-order valence-corrected chi connectivity index (χ4v) is 3.60. The molecule has 2 N–H and O–H groups in total. The number of anilines is 1. The quantitative estimate of drug-likeness (QED) is 0.742. The van der Waals surface area contributed by atoms with Gasteiger partial charge in [0.25, 0.3) is 0 Å². The lowest BCUT2D eigenvalue weighted by atomic mass is 10.0. The number of carbonyl (C=O) groups is 1.